The van der Waals surface area contributed by atoms with Crippen molar-refractivity contribution in [3.8, 4) is 5.75 Å². The van der Waals surface area contributed by atoms with Crippen molar-refractivity contribution in [3.63, 3.8) is 0 Å². The van der Waals surface area contributed by atoms with Crippen LogP contribution in [0.15, 0.2) is 24.3 Å². The van der Waals surface area contributed by atoms with Crippen LogP contribution in [0.4, 0.5) is 13.2 Å². The number of amides is 2. The SMILES string of the molecule is NC(=O)C1CCN(C(=O)COc2cccc(C(F)(F)F)c2)CC1. The summed E-state index contributed by atoms with van der Waals surface area (Å²) in [5.41, 5.74) is 4.38. The lowest BCUT2D eigenvalue weighted by atomic mass is 9.96. The van der Waals surface area contributed by atoms with Crippen LogP contribution in [0.5, 0.6) is 5.75 Å². The molecule has 8 heteroatoms. The Morgan fingerprint density at radius 3 is 2.48 bits per heavy atom. The van der Waals surface area contributed by atoms with Gasteiger partial charge in [-0.05, 0) is 31.0 Å². The van der Waals surface area contributed by atoms with E-state index >= 15 is 0 Å². The van der Waals surface area contributed by atoms with Crippen molar-refractivity contribution < 1.29 is 27.5 Å². The highest BCUT2D eigenvalue weighted by molar-refractivity contribution is 5.79. The summed E-state index contributed by atoms with van der Waals surface area (Å²) in [4.78, 5) is 24.6. The molecule has 2 amide bonds. The van der Waals surface area contributed by atoms with Gasteiger partial charge in [0.25, 0.3) is 5.91 Å². The lowest BCUT2D eigenvalue weighted by molar-refractivity contribution is -0.137. The van der Waals surface area contributed by atoms with E-state index in [1.807, 2.05) is 0 Å². The molecule has 0 spiro atoms. The maximum atomic E-state index is 12.6. The number of piperidine rings is 1. The van der Waals surface area contributed by atoms with E-state index in [4.69, 9.17) is 10.5 Å². The highest BCUT2D eigenvalue weighted by Gasteiger charge is 2.31. The fraction of sp³-hybridized carbons (Fsp3) is 0.467. The quantitative estimate of drug-likeness (QED) is 0.915. The largest absolute Gasteiger partial charge is 0.484 e. The van der Waals surface area contributed by atoms with E-state index in [1.165, 1.54) is 17.0 Å². The molecule has 126 valence electrons. The Morgan fingerprint density at radius 1 is 1.26 bits per heavy atom. The van der Waals surface area contributed by atoms with E-state index in [1.54, 1.807) is 0 Å². The topological polar surface area (TPSA) is 72.6 Å². The summed E-state index contributed by atoms with van der Waals surface area (Å²) >= 11 is 0. The molecule has 1 aromatic rings. The first kappa shape index (κ1) is 17.1. The van der Waals surface area contributed by atoms with Gasteiger partial charge in [-0.2, -0.15) is 13.2 Å². The Labute approximate surface area is 131 Å². The van der Waals surface area contributed by atoms with Gasteiger partial charge in [0.2, 0.25) is 5.91 Å². The number of hydrogen-bond donors (Lipinski definition) is 1. The molecule has 0 aromatic heterocycles. The zero-order valence-corrected chi connectivity index (χ0v) is 12.3. The van der Waals surface area contributed by atoms with E-state index in [2.05, 4.69) is 0 Å². The minimum atomic E-state index is -4.46. The van der Waals surface area contributed by atoms with Gasteiger partial charge in [0.15, 0.2) is 6.61 Å². The summed E-state index contributed by atoms with van der Waals surface area (Å²) in [5, 5.41) is 0. The Bertz CT molecular complexity index is 582. The van der Waals surface area contributed by atoms with Gasteiger partial charge in [-0.1, -0.05) is 6.07 Å². The number of nitrogens with two attached hydrogens (primary N) is 1. The Balaban J connectivity index is 1.87. The third-order valence-corrected chi connectivity index (χ3v) is 3.77. The van der Waals surface area contributed by atoms with Gasteiger partial charge in [-0.15, -0.1) is 0 Å². The van der Waals surface area contributed by atoms with Crippen LogP contribution in [0.3, 0.4) is 0 Å². The zero-order chi connectivity index (χ0) is 17.0. The normalized spacial score (nSPS) is 16.2. The molecule has 0 atom stereocenters. The number of rotatable bonds is 4. The predicted molar refractivity (Wildman–Crippen MR) is 75.4 cm³/mol. The van der Waals surface area contributed by atoms with Crippen molar-refractivity contribution in [3.05, 3.63) is 29.8 Å². The monoisotopic (exact) mass is 330 g/mol. The predicted octanol–water partition coefficient (Wildman–Crippen LogP) is 1.81. The Morgan fingerprint density at radius 2 is 1.91 bits per heavy atom. The molecule has 2 N–H and O–H groups in total. The van der Waals surface area contributed by atoms with Crippen LogP contribution in [0.25, 0.3) is 0 Å². The fourth-order valence-corrected chi connectivity index (χ4v) is 2.41. The van der Waals surface area contributed by atoms with Crippen molar-refractivity contribution in [2.75, 3.05) is 19.7 Å². The molecule has 5 nitrogen and oxygen atoms in total. The van der Waals surface area contributed by atoms with E-state index in [-0.39, 0.29) is 30.1 Å². The van der Waals surface area contributed by atoms with Crippen molar-refractivity contribution in [1.29, 1.82) is 0 Å². The van der Waals surface area contributed by atoms with Crippen LogP contribution in [0.1, 0.15) is 18.4 Å². The highest BCUT2D eigenvalue weighted by atomic mass is 19.4. The van der Waals surface area contributed by atoms with E-state index in [0.717, 1.165) is 12.1 Å². The molecule has 0 aliphatic carbocycles. The Hall–Kier alpha value is -2.25. The molecule has 1 saturated heterocycles. The first-order valence-corrected chi connectivity index (χ1v) is 7.14. The number of carbonyl (C=O) groups is 2. The van der Waals surface area contributed by atoms with Crippen molar-refractivity contribution >= 4 is 11.8 Å². The number of ether oxygens (including phenoxy) is 1. The maximum Gasteiger partial charge on any atom is 0.416 e. The second-order valence-corrected chi connectivity index (χ2v) is 5.37. The highest BCUT2D eigenvalue weighted by Crippen LogP contribution is 2.31. The molecule has 1 aliphatic heterocycles. The standard InChI is InChI=1S/C15H17F3N2O3/c16-15(17,18)11-2-1-3-12(8-11)23-9-13(21)20-6-4-10(5-7-20)14(19)22/h1-3,8,10H,4-7,9H2,(H2,19,22). The molecule has 0 unspecified atom stereocenters. The molecule has 1 heterocycles. The summed E-state index contributed by atoms with van der Waals surface area (Å²) < 4.78 is 42.9. The number of primary amides is 1. The lowest BCUT2D eigenvalue weighted by Gasteiger charge is -2.30. The van der Waals surface area contributed by atoms with E-state index in [0.29, 0.717) is 25.9 Å². The number of halogens is 3. The van der Waals surface area contributed by atoms with Gasteiger partial charge in [-0.25, -0.2) is 0 Å². The van der Waals surface area contributed by atoms with Crippen molar-refractivity contribution in [2.45, 2.75) is 19.0 Å². The van der Waals surface area contributed by atoms with Gasteiger partial charge in [-0.3, -0.25) is 9.59 Å². The molecule has 0 radical (unpaired) electrons. The number of carbonyl (C=O) groups excluding carboxylic acids is 2. The summed E-state index contributed by atoms with van der Waals surface area (Å²) in [5.74, 6) is -0.953. The smallest absolute Gasteiger partial charge is 0.416 e. The maximum absolute atomic E-state index is 12.6. The van der Waals surface area contributed by atoms with Gasteiger partial charge in [0.05, 0.1) is 5.56 Å². The van der Waals surface area contributed by atoms with Gasteiger partial charge < -0.3 is 15.4 Å². The number of benzene rings is 1. The van der Waals surface area contributed by atoms with Crippen molar-refractivity contribution in [1.82, 2.24) is 4.90 Å². The van der Waals surface area contributed by atoms with E-state index < -0.39 is 11.7 Å². The van der Waals surface area contributed by atoms with Gasteiger partial charge >= 0.3 is 6.18 Å². The van der Waals surface area contributed by atoms with Gasteiger partial charge in [0.1, 0.15) is 5.75 Å². The average molecular weight is 330 g/mol. The second kappa shape index (κ2) is 6.89. The van der Waals surface area contributed by atoms with Crippen LogP contribution in [-0.2, 0) is 15.8 Å². The molecule has 1 aromatic carbocycles. The fourth-order valence-electron chi connectivity index (χ4n) is 2.41. The third-order valence-electron chi connectivity index (χ3n) is 3.77. The molecule has 1 fully saturated rings. The first-order chi connectivity index (χ1) is 10.8. The van der Waals surface area contributed by atoms with Crippen LogP contribution in [0.2, 0.25) is 0 Å². The summed E-state index contributed by atoms with van der Waals surface area (Å²) in [6, 6.07) is 4.37. The van der Waals surface area contributed by atoms with Crippen molar-refractivity contribution in [2.24, 2.45) is 11.7 Å². The Kier molecular flexibility index (Phi) is 5.12. The molecule has 2 rings (SSSR count). The molecule has 0 bridgehead atoms. The summed E-state index contributed by atoms with van der Waals surface area (Å²) in [7, 11) is 0. The summed E-state index contributed by atoms with van der Waals surface area (Å²) in [6.07, 6.45) is -3.48. The number of alkyl halides is 3. The van der Waals surface area contributed by atoms with Gasteiger partial charge in [0, 0.05) is 19.0 Å². The first-order valence-electron chi connectivity index (χ1n) is 7.14. The van der Waals surface area contributed by atoms with Crippen LogP contribution in [-0.4, -0.2) is 36.4 Å². The number of hydrogen-bond acceptors (Lipinski definition) is 3. The molecule has 23 heavy (non-hydrogen) atoms. The molecule has 0 saturated carbocycles. The molecular formula is C15H17F3N2O3. The lowest BCUT2D eigenvalue weighted by Crippen LogP contribution is -2.43. The van der Waals surface area contributed by atoms with Crippen LogP contribution < -0.4 is 10.5 Å². The van der Waals surface area contributed by atoms with Crippen LogP contribution in [0, 0.1) is 5.92 Å². The number of nitrogens with zero attached hydrogens (tertiary/aromatic N) is 1. The minimum absolute atomic E-state index is 0.0137. The number of likely N-dealkylation sites (tertiary alicyclic amines) is 1. The third kappa shape index (κ3) is 4.61. The average Bonchev–Trinajstić information content (AvgIpc) is 2.52. The molecule has 1 aliphatic rings. The zero-order valence-electron chi connectivity index (χ0n) is 12.3. The summed E-state index contributed by atoms with van der Waals surface area (Å²) in [6.45, 7) is 0.430. The molecular weight excluding hydrogens is 313 g/mol. The van der Waals surface area contributed by atoms with Crippen LogP contribution >= 0.6 is 0 Å². The minimum Gasteiger partial charge on any atom is -0.484 e. The van der Waals surface area contributed by atoms with E-state index in [9.17, 15) is 22.8 Å². The second-order valence-electron chi connectivity index (χ2n) is 5.37.